The minimum absolute atomic E-state index is 0.177. The summed E-state index contributed by atoms with van der Waals surface area (Å²) in [6.07, 6.45) is 4.23. The van der Waals surface area contributed by atoms with Crippen LogP contribution in [0, 0.1) is 5.92 Å². The average molecular weight is 196 g/mol. The maximum absolute atomic E-state index is 11.3. The van der Waals surface area contributed by atoms with E-state index in [2.05, 4.69) is 10.6 Å². The molecule has 2 heterocycles. The SMILES string of the molecule is O=C1NC(C2CC2)C2(CCNCC2)O1. The van der Waals surface area contributed by atoms with E-state index in [1.54, 1.807) is 0 Å². The molecule has 4 heteroatoms. The molecule has 1 unspecified atom stereocenters. The Morgan fingerprint density at radius 2 is 2.00 bits per heavy atom. The molecular weight excluding hydrogens is 180 g/mol. The summed E-state index contributed by atoms with van der Waals surface area (Å²) < 4.78 is 5.51. The highest BCUT2D eigenvalue weighted by Gasteiger charge is 2.54. The molecule has 14 heavy (non-hydrogen) atoms. The Bertz CT molecular complexity index is 257. The molecule has 0 aromatic heterocycles. The zero-order valence-corrected chi connectivity index (χ0v) is 8.21. The summed E-state index contributed by atoms with van der Waals surface area (Å²) in [5.74, 6) is 0.680. The van der Waals surface area contributed by atoms with Gasteiger partial charge in [-0.05, 0) is 31.8 Å². The van der Waals surface area contributed by atoms with E-state index >= 15 is 0 Å². The molecule has 1 spiro atoms. The van der Waals surface area contributed by atoms with Crippen molar-refractivity contribution < 1.29 is 9.53 Å². The topological polar surface area (TPSA) is 50.4 Å². The molecule has 0 aromatic carbocycles. The molecule has 2 aliphatic heterocycles. The Morgan fingerprint density at radius 1 is 1.29 bits per heavy atom. The number of hydrogen-bond donors (Lipinski definition) is 2. The third kappa shape index (κ3) is 1.21. The first-order chi connectivity index (χ1) is 6.80. The van der Waals surface area contributed by atoms with E-state index in [0.29, 0.717) is 5.92 Å². The van der Waals surface area contributed by atoms with Crippen molar-refractivity contribution in [3.8, 4) is 0 Å². The zero-order valence-electron chi connectivity index (χ0n) is 8.21. The highest BCUT2D eigenvalue weighted by molar-refractivity contribution is 5.71. The lowest BCUT2D eigenvalue weighted by Crippen LogP contribution is -2.51. The van der Waals surface area contributed by atoms with Gasteiger partial charge in [-0.3, -0.25) is 0 Å². The van der Waals surface area contributed by atoms with Crippen LogP contribution < -0.4 is 10.6 Å². The van der Waals surface area contributed by atoms with Gasteiger partial charge in [0.15, 0.2) is 0 Å². The van der Waals surface area contributed by atoms with Gasteiger partial charge in [0, 0.05) is 12.8 Å². The number of alkyl carbamates (subject to hydrolysis) is 1. The van der Waals surface area contributed by atoms with Crippen LogP contribution in [0.5, 0.6) is 0 Å². The summed E-state index contributed by atoms with van der Waals surface area (Å²) in [5, 5.41) is 6.30. The standard InChI is InChI=1S/C10H16N2O2/c13-9-12-8(7-1-2-7)10(14-9)3-5-11-6-4-10/h7-8,11H,1-6H2,(H,12,13). The van der Waals surface area contributed by atoms with E-state index in [0.717, 1.165) is 25.9 Å². The molecule has 78 valence electrons. The van der Waals surface area contributed by atoms with Crippen LogP contribution in [0.4, 0.5) is 4.79 Å². The summed E-state index contributed by atoms with van der Waals surface area (Å²) in [7, 11) is 0. The van der Waals surface area contributed by atoms with Gasteiger partial charge in [-0.2, -0.15) is 0 Å². The van der Waals surface area contributed by atoms with Crippen molar-refractivity contribution in [3.63, 3.8) is 0 Å². The predicted octanol–water partition coefficient (Wildman–Crippen LogP) is 0.627. The summed E-state index contributed by atoms with van der Waals surface area (Å²) in [5.41, 5.74) is -0.177. The number of carbonyl (C=O) groups is 1. The van der Waals surface area contributed by atoms with E-state index in [9.17, 15) is 4.79 Å². The second-order valence-corrected chi connectivity index (χ2v) is 4.66. The maximum Gasteiger partial charge on any atom is 0.408 e. The molecule has 1 amide bonds. The third-order valence-electron chi connectivity index (χ3n) is 3.68. The van der Waals surface area contributed by atoms with E-state index in [1.165, 1.54) is 12.8 Å². The van der Waals surface area contributed by atoms with E-state index < -0.39 is 0 Å². The van der Waals surface area contributed by atoms with Crippen molar-refractivity contribution in [2.75, 3.05) is 13.1 Å². The molecule has 1 saturated carbocycles. The summed E-state index contributed by atoms with van der Waals surface area (Å²) in [4.78, 5) is 11.3. The van der Waals surface area contributed by atoms with Gasteiger partial charge in [0.2, 0.25) is 0 Å². The van der Waals surface area contributed by atoms with E-state index in [4.69, 9.17) is 4.74 Å². The molecule has 0 aromatic rings. The summed E-state index contributed by atoms with van der Waals surface area (Å²) in [6, 6.07) is 0.289. The Labute approximate surface area is 83.4 Å². The molecule has 3 fully saturated rings. The number of nitrogens with one attached hydrogen (secondary N) is 2. The number of hydrogen-bond acceptors (Lipinski definition) is 3. The highest BCUT2D eigenvalue weighted by Crippen LogP contribution is 2.44. The largest absolute Gasteiger partial charge is 0.441 e. The van der Waals surface area contributed by atoms with Crippen molar-refractivity contribution in [3.05, 3.63) is 0 Å². The molecule has 2 saturated heterocycles. The van der Waals surface area contributed by atoms with Crippen LogP contribution in [0.1, 0.15) is 25.7 Å². The second kappa shape index (κ2) is 2.86. The summed E-state index contributed by atoms with van der Waals surface area (Å²) >= 11 is 0. The second-order valence-electron chi connectivity index (χ2n) is 4.66. The van der Waals surface area contributed by atoms with Crippen LogP contribution in [0.2, 0.25) is 0 Å². The van der Waals surface area contributed by atoms with Gasteiger partial charge in [0.25, 0.3) is 0 Å². The lowest BCUT2D eigenvalue weighted by Gasteiger charge is -2.36. The highest BCUT2D eigenvalue weighted by atomic mass is 16.6. The van der Waals surface area contributed by atoms with Crippen LogP contribution in [0.3, 0.4) is 0 Å². The first kappa shape index (κ1) is 8.53. The quantitative estimate of drug-likeness (QED) is 0.646. The zero-order chi connectivity index (χ0) is 9.60. The Hall–Kier alpha value is -0.770. The number of carbonyl (C=O) groups excluding carboxylic acids is 1. The lowest BCUT2D eigenvalue weighted by atomic mass is 9.83. The Balaban J connectivity index is 1.83. The Kier molecular flexibility index (Phi) is 1.74. The van der Waals surface area contributed by atoms with Gasteiger partial charge in [0.1, 0.15) is 5.60 Å². The number of amides is 1. The number of ether oxygens (including phenoxy) is 1. The number of piperidine rings is 1. The normalized spacial score (nSPS) is 35.4. The minimum atomic E-state index is -0.205. The molecule has 0 radical (unpaired) electrons. The van der Waals surface area contributed by atoms with E-state index in [-0.39, 0.29) is 17.7 Å². The summed E-state index contributed by atoms with van der Waals surface area (Å²) in [6.45, 7) is 1.94. The molecule has 4 nitrogen and oxygen atoms in total. The molecule has 1 aliphatic carbocycles. The molecule has 0 bridgehead atoms. The molecular formula is C10H16N2O2. The van der Waals surface area contributed by atoms with Crippen molar-refractivity contribution in [2.45, 2.75) is 37.3 Å². The third-order valence-corrected chi connectivity index (χ3v) is 3.68. The van der Waals surface area contributed by atoms with E-state index in [1.807, 2.05) is 0 Å². The van der Waals surface area contributed by atoms with Crippen LogP contribution >= 0.6 is 0 Å². The van der Waals surface area contributed by atoms with Gasteiger partial charge < -0.3 is 15.4 Å². The fourth-order valence-electron chi connectivity index (χ4n) is 2.78. The number of rotatable bonds is 1. The maximum atomic E-state index is 11.3. The van der Waals surface area contributed by atoms with Crippen molar-refractivity contribution in [2.24, 2.45) is 5.92 Å². The molecule has 2 N–H and O–H groups in total. The van der Waals surface area contributed by atoms with Crippen LogP contribution in [-0.2, 0) is 4.74 Å². The Morgan fingerprint density at radius 3 is 2.64 bits per heavy atom. The van der Waals surface area contributed by atoms with Crippen LogP contribution in [0.15, 0.2) is 0 Å². The van der Waals surface area contributed by atoms with Gasteiger partial charge in [-0.1, -0.05) is 0 Å². The van der Waals surface area contributed by atoms with Gasteiger partial charge in [0.05, 0.1) is 6.04 Å². The van der Waals surface area contributed by atoms with Crippen LogP contribution in [0.25, 0.3) is 0 Å². The first-order valence-corrected chi connectivity index (χ1v) is 5.50. The fraction of sp³-hybridized carbons (Fsp3) is 0.900. The first-order valence-electron chi connectivity index (χ1n) is 5.50. The van der Waals surface area contributed by atoms with Gasteiger partial charge in [-0.25, -0.2) is 4.79 Å². The van der Waals surface area contributed by atoms with Gasteiger partial charge in [-0.15, -0.1) is 0 Å². The van der Waals surface area contributed by atoms with Crippen molar-refractivity contribution in [1.29, 1.82) is 0 Å². The minimum Gasteiger partial charge on any atom is -0.441 e. The predicted molar refractivity (Wildman–Crippen MR) is 51.0 cm³/mol. The van der Waals surface area contributed by atoms with Crippen molar-refractivity contribution in [1.82, 2.24) is 10.6 Å². The molecule has 3 rings (SSSR count). The lowest BCUT2D eigenvalue weighted by molar-refractivity contribution is 0.00576. The fourth-order valence-corrected chi connectivity index (χ4v) is 2.78. The molecule has 3 aliphatic rings. The molecule has 1 atom stereocenters. The van der Waals surface area contributed by atoms with Gasteiger partial charge >= 0.3 is 6.09 Å². The van der Waals surface area contributed by atoms with Crippen molar-refractivity contribution >= 4 is 6.09 Å². The average Bonchev–Trinajstić information content (AvgIpc) is 2.95. The monoisotopic (exact) mass is 196 g/mol. The van der Waals surface area contributed by atoms with Crippen LogP contribution in [-0.4, -0.2) is 30.8 Å². The smallest absolute Gasteiger partial charge is 0.408 e.